The lowest BCUT2D eigenvalue weighted by Gasteiger charge is -2.18. The second kappa shape index (κ2) is 10.1. The van der Waals surface area contributed by atoms with Crippen LogP contribution in [0.4, 0.5) is 4.79 Å². The lowest BCUT2D eigenvalue weighted by molar-refractivity contribution is -0.119. The lowest BCUT2D eigenvalue weighted by Crippen LogP contribution is -2.44. The third kappa shape index (κ3) is 6.28. The second-order valence-electron chi connectivity index (χ2n) is 6.58. The van der Waals surface area contributed by atoms with Crippen LogP contribution in [0.15, 0.2) is 41.8 Å². The Kier molecular flexibility index (Phi) is 7.81. The van der Waals surface area contributed by atoms with Gasteiger partial charge in [0, 0.05) is 11.4 Å². The van der Waals surface area contributed by atoms with Gasteiger partial charge in [-0.2, -0.15) is 0 Å². The number of thiophene rings is 1. The number of benzene rings is 1. The van der Waals surface area contributed by atoms with E-state index >= 15 is 0 Å². The highest BCUT2D eigenvalue weighted by atomic mass is 32.1. The fourth-order valence-electron chi connectivity index (χ4n) is 2.49. The van der Waals surface area contributed by atoms with Crippen LogP contribution in [0.2, 0.25) is 0 Å². The highest BCUT2D eigenvalue weighted by molar-refractivity contribution is 7.10. The number of carbonyl (C=O) groups is 2. The average molecular weight is 374 g/mol. The summed E-state index contributed by atoms with van der Waals surface area (Å²) in [5, 5.41) is 10.3. The highest BCUT2D eigenvalue weighted by Gasteiger charge is 2.17. The molecule has 2 aromatic rings. The molecule has 0 radical (unpaired) electrons. The topological polar surface area (TPSA) is 70.2 Å². The van der Waals surface area contributed by atoms with Gasteiger partial charge in [-0.25, -0.2) is 4.79 Å². The first-order chi connectivity index (χ1) is 12.5. The Morgan fingerprint density at radius 3 is 2.42 bits per heavy atom. The monoisotopic (exact) mass is 373 g/mol. The Balaban J connectivity index is 1.97. The van der Waals surface area contributed by atoms with Crippen LogP contribution in [0.3, 0.4) is 0 Å². The van der Waals surface area contributed by atoms with E-state index in [1.54, 1.807) is 11.3 Å². The van der Waals surface area contributed by atoms with E-state index in [-0.39, 0.29) is 18.5 Å². The summed E-state index contributed by atoms with van der Waals surface area (Å²) < 4.78 is 0. The van der Waals surface area contributed by atoms with Crippen molar-refractivity contribution in [3.05, 3.63) is 57.8 Å². The van der Waals surface area contributed by atoms with Crippen molar-refractivity contribution in [2.75, 3.05) is 13.1 Å². The molecule has 0 saturated carbocycles. The summed E-state index contributed by atoms with van der Waals surface area (Å²) in [4.78, 5) is 24.9. The van der Waals surface area contributed by atoms with Crippen molar-refractivity contribution in [2.45, 2.75) is 33.2 Å². The molecular weight excluding hydrogens is 346 g/mol. The van der Waals surface area contributed by atoms with Gasteiger partial charge in [0.25, 0.3) is 0 Å². The van der Waals surface area contributed by atoms with Crippen LogP contribution in [-0.4, -0.2) is 25.0 Å². The average Bonchev–Trinajstić information content (AvgIpc) is 3.15. The molecule has 3 amide bonds. The predicted molar refractivity (Wildman–Crippen MR) is 106 cm³/mol. The molecule has 0 saturated heterocycles. The molecular formula is C20H27N3O2S. The van der Waals surface area contributed by atoms with E-state index in [4.69, 9.17) is 0 Å². The van der Waals surface area contributed by atoms with E-state index in [2.05, 4.69) is 47.1 Å². The number of nitrogens with one attached hydrogen (secondary N) is 3. The number of imide groups is 1. The first-order valence-corrected chi connectivity index (χ1v) is 9.80. The van der Waals surface area contributed by atoms with Crippen molar-refractivity contribution in [3.63, 3.8) is 0 Å². The molecule has 6 heteroatoms. The molecule has 1 aromatic heterocycles. The summed E-state index contributed by atoms with van der Waals surface area (Å²) in [6.07, 6.45) is 0.991. The van der Waals surface area contributed by atoms with E-state index in [0.717, 1.165) is 16.9 Å². The molecule has 0 aliphatic carbocycles. The van der Waals surface area contributed by atoms with E-state index < -0.39 is 6.03 Å². The largest absolute Gasteiger partial charge is 0.338 e. The fraction of sp³-hybridized carbons (Fsp3) is 0.400. The van der Waals surface area contributed by atoms with Gasteiger partial charge in [0.15, 0.2) is 0 Å². The molecule has 0 aliphatic heterocycles. The van der Waals surface area contributed by atoms with E-state index in [1.165, 1.54) is 5.56 Å². The van der Waals surface area contributed by atoms with Gasteiger partial charge in [0.05, 0.1) is 12.6 Å². The summed E-state index contributed by atoms with van der Waals surface area (Å²) in [6, 6.07) is 11.9. The van der Waals surface area contributed by atoms with Crippen molar-refractivity contribution < 1.29 is 9.59 Å². The summed E-state index contributed by atoms with van der Waals surface area (Å²) in [6.45, 7) is 6.72. The Morgan fingerprint density at radius 1 is 1.12 bits per heavy atom. The first kappa shape index (κ1) is 20.1. The molecule has 1 unspecified atom stereocenters. The minimum absolute atomic E-state index is 0.0627. The van der Waals surface area contributed by atoms with Crippen LogP contribution in [0, 0.1) is 5.92 Å². The molecule has 140 valence electrons. The van der Waals surface area contributed by atoms with Crippen molar-refractivity contribution in [3.8, 4) is 0 Å². The van der Waals surface area contributed by atoms with Gasteiger partial charge in [-0.3, -0.25) is 15.4 Å². The number of hydrogen-bond donors (Lipinski definition) is 3. The molecule has 3 N–H and O–H groups in total. The van der Waals surface area contributed by atoms with Gasteiger partial charge in [0.2, 0.25) is 5.91 Å². The maximum atomic E-state index is 12.1. The molecule has 1 atom stereocenters. The zero-order valence-electron chi connectivity index (χ0n) is 15.5. The molecule has 0 bridgehead atoms. The molecule has 26 heavy (non-hydrogen) atoms. The molecule has 1 aromatic carbocycles. The fourth-order valence-corrected chi connectivity index (χ4v) is 3.32. The third-order valence-electron chi connectivity index (χ3n) is 3.94. The Morgan fingerprint density at radius 2 is 1.85 bits per heavy atom. The Bertz CT molecular complexity index is 696. The van der Waals surface area contributed by atoms with Crippen LogP contribution in [-0.2, 0) is 11.2 Å². The second-order valence-corrected chi connectivity index (χ2v) is 7.56. The molecule has 0 aliphatic rings. The Hall–Kier alpha value is -2.18. The normalized spacial score (nSPS) is 12.0. The standard InChI is InChI=1S/C20H27N3O2S/c1-4-15-7-9-16(10-8-15)19(17-6-5-11-26-17)21-13-18(24)23-20(25)22-12-14(2)3/h5-11,14,19,21H,4,12-13H2,1-3H3,(H2,22,23,24,25). The van der Waals surface area contributed by atoms with Gasteiger partial charge in [-0.1, -0.05) is 51.1 Å². The Labute approximate surface area is 159 Å². The summed E-state index contributed by atoms with van der Waals surface area (Å²) in [7, 11) is 0. The van der Waals surface area contributed by atoms with Crippen LogP contribution >= 0.6 is 11.3 Å². The smallest absolute Gasteiger partial charge is 0.321 e. The zero-order chi connectivity index (χ0) is 18.9. The van der Waals surface area contributed by atoms with E-state index in [0.29, 0.717) is 12.5 Å². The molecule has 0 fully saturated rings. The van der Waals surface area contributed by atoms with E-state index in [9.17, 15) is 9.59 Å². The minimum Gasteiger partial charge on any atom is -0.338 e. The van der Waals surface area contributed by atoms with Crippen molar-refractivity contribution in [1.29, 1.82) is 0 Å². The quantitative estimate of drug-likeness (QED) is 0.663. The summed E-state index contributed by atoms with van der Waals surface area (Å²) >= 11 is 1.64. The highest BCUT2D eigenvalue weighted by Crippen LogP contribution is 2.26. The summed E-state index contributed by atoms with van der Waals surface area (Å²) in [5.41, 5.74) is 2.37. The SMILES string of the molecule is CCc1ccc(C(NCC(=O)NC(=O)NCC(C)C)c2cccs2)cc1. The summed E-state index contributed by atoms with van der Waals surface area (Å²) in [5.74, 6) is -0.0127. The number of carbonyl (C=O) groups excluding carboxylic acids is 2. The van der Waals surface area contributed by atoms with Gasteiger partial charge in [0.1, 0.15) is 0 Å². The van der Waals surface area contributed by atoms with Crippen LogP contribution in [0.25, 0.3) is 0 Å². The molecule has 0 spiro atoms. The predicted octanol–water partition coefficient (Wildman–Crippen LogP) is 3.47. The molecule has 1 heterocycles. The maximum absolute atomic E-state index is 12.1. The number of hydrogen-bond acceptors (Lipinski definition) is 4. The first-order valence-electron chi connectivity index (χ1n) is 8.93. The van der Waals surface area contributed by atoms with Crippen LogP contribution in [0.5, 0.6) is 0 Å². The maximum Gasteiger partial charge on any atom is 0.321 e. The number of urea groups is 1. The minimum atomic E-state index is -0.453. The number of amides is 3. The number of aryl methyl sites for hydroxylation is 1. The lowest BCUT2D eigenvalue weighted by atomic mass is 10.0. The van der Waals surface area contributed by atoms with Gasteiger partial charge >= 0.3 is 6.03 Å². The van der Waals surface area contributed by atoms with Gasteiger partial charge < -0.3 is 5.32 Å². The van der Waals surface area contributed by atoms with Crippen LogP contribution in [0.1, 0.15) is 42.8 Å². The third-order valence-corrected chi connectivity index (χ3v) is 4.88. The molecule has 2 rings (SSSR count). The van der Waals surface area contributed by atoms with Gasteiger partial charge in [-0.15, -0.1) is 11.3 Å². The zero-order valence-corrected chi connectivity index (χ0v) is 16.4. The van der Waals surface area contributed by atoms with Gasteiger partial charge in [-0.05, 0) is 34.9 Å². The van der Waals surface area contributed by atoms with Crippen molar-refractivity contribution >= 4 is 23.3 Å². The van der Waals surface area contributed by atoms with Crippen molar-refractivity contribution in [1.82, 2.24) is 16.0 Å². The van der Waals surface area contributed by atoms with Crippen molar-refractivity contribution in [2.24, 2.45) is 5.92 Å². The number of rotatable bonds is 8. The molecule has 5 nitrogen and oxygen atoms in total. The van der Waals surface area contributed by atoms with Crippen LogP contribution < -0.4 is 16.0 Å². The van der Waals surface area contributed by atoms with E-state index in [1.807, 2.05) is 31.4 Å².